The molecule has 1 atom stereocenters. The second kappa shape index (κ2) is 6.95. The molecule has 26 heavy (non-hydrogen) atoms. The number of anilines is 2. The van der Waals surface area contributed by atoms with E-state index in [1.54, 1.807) is 18.6 Å². The minimum atomic E-state index is -0.166. The zero-order chi connectivity index (χ0) is 17.9. The number of pyridine rings is 1. The van der Waals surface area contributed by atoms with Gasteiger partial charge in [0.2, 0.25) is 0 Å². The van der Waals surface area contributed by atoms with E-state index in [0.29, 0.717) is 24.0 Å². The summed E-state index contributed by atoms with van der Waals surface area (Å²) in [5, 5.41) is 7.09. The molecule has 1 unspecified atom stereocenters. The van der Waals surface area contributed by atoms with Crippen molar-refractivity contribution >= 4 is 17.4 Å². The Labute approximate surface area is 151 Å². The van der Waals surface area contributed by atoms with Crippen molar-refractivity contribution in [3.05, 3.63) is 60.8 Å². The molecule has 1 N–H and O–H groups in total. The summed E-state index contributed by atoms with van der Waals surface area (Å²) >= 11 is 0. The molecular formula is C19H20N6O. The monoisotopic (exact) mass is 348 g/mol. The predicted octanol–water partition coefficient (Wildman–Crippen LogP) is 3.60. The number of rotatable bonds is 2. The van der Waals surface area contributed by atoms with E-state index in [-0.39, 0.29) is 6.03 Å². The first kappa shape index (κ1) is 16.3. The molecule has 132 valence electrons. The summed E-state index contributed by atoms with van der Waals surface area (Å²) in [6, 6.07) is 11.6. The Hall–Kier alpha value is -3.22. The molecule has 0 saturated carbocycles. The number of amides is 2. The van der Waals surface area contributed by atoms with Crippen LogP contribution in [0, 0.1) is 0 Å². The van der Waals surface area contributed by atoms with Crippen molar-refractivity contribution in [2.75, 3.05) is 16.8 Å². The van der Waals surface area contributed by atoms with E-state index in [4.69, 9.17) is 0 Å². The summed E-state index contributed by atoms with van der Waals surface area (Å²) in [6.45, 7) is 2.90. The average Bonchev–Trinajstić information content (AvgIpc) is 3.14. The van der Waals surface area contributed by atoms with Crippen molar-refractivity contribution < 1.29 is 4.79 Å². The van der Waals surface area contributed by atoms with Gasteiger partial charge in [0.15, 0.2) is 5.82 Å². The van der Waals surface area contributed by atoms with Crippen LogP contribution in [0.5, 0.6) is 0 Å². The molecule has 2 amide bonds. The van der Waals surface area contributed by atoms with Gasteiger partial charge in [0, 0.05) is 18.4 Å². The lowest BCUT2D eigenvalue weighted by molar-refractivity contribution is 0.257. The molecule has 0 bridgehead atoms. The SMILES string of the molecule is CC1CCCN(C(=O)Nc2cccnc2-n2cncn2)c2ccccc21. The lowest BCUT2D eigenvalue weighted by atomic mass is 9.96. The first-order valence-corrected chi connectivity index (χ1v) is 8.71. The highest BCUT2D eigenvalue weighted by Gasteiger charge is 2.25. The maximum atomic E-state index is 13.1. The number of carbonyl (C=O) groups is 1. The number of hydrogen-bond acceptors (Lipinski definition) is 4. The first-order valence-electron chi connectivity index (χ1n) is 8.71. The van der Waals surface area contributed by atoms with Crippen LogP contribution >= 0.6 is 0 Å². The van der Waals surface area contributed by atoms with E-state index in [9.17, 15) is 4.79 Å². The lowest BCUT2D eigenvalue weighted by Gasteiger charge is -2.24. The summed E-state index contributed by atoms with van der Waals surface area (Å²) in [6.07, 6.45) is 6.69. The number of nitrogens with zero attached hydrogens (tertiary/aromatic N) is 5. The molecule has 0 spiro atoms. The molecule has 7 nitrogen and oxygen atoms in total. The summed E-state index contributed by atoms with van der Waals surface area (Å²) in [5.74, 6) is 0.975. The van der Waals surface area contributed by atoms with E-state index in [2.05, 4.69) is 33.4 Å². The second-order valence-corrected chi connectivity index (χ2v) is 6.40. The second-order valence-electron chi connectivity index (χ2n) is 6.40. The molecule has 2 aromatic heterocycles. The van der Waals surface area contributed by atoms with Crippen molar-refractivity contribution in [3.8, 4) is 5.82 Å². The maximum Gasteiger partial charge on any atom is 0.326 e. The topological polar surface area (TPSA) is 75.9 Å². The van der Waals surface area contributed by atoms with Gasteiger partial charge in [-0.25, -0.2) is 19.4 Å². The molecule has 4 rings (SSSR count). The normalized spacial score (nSPS) is 16.7. The van der Waals surface area contributed by atoms with Crippen molar-refractivity contribution in [1.29, 1.82) is 0 Å². The van der Waals surface area contributed by atoms with Crippen molar-refractivity contribution in [1.82, 2.24) is 19.7 Å². The third-order valence-electron chi connectivity index (χ3n) is 4.69. The molecule has 3 aromatic rings. The number of hydrogen-bond donors (Lipinski definition) is 1. The summed E-state index contributed by atoms with van der Waals surface area (Å²) in [5.41, 5.74) is 2.78. The summed E-state index contributed by atoms with van der Waals surface area (Å²) in [4.78, 5) is 23.1. The molecule has 0 saturated heterocycles. The number of aromatic nitrogens is 4. The number of fused-ring (bicyclic) bond motifs is 1. The summed E-state index contributed by atoms with van der Waals surface area (Å²) in [7, 11) is 0. The fourth-order valence-corrected chi connectivity index (χ4v) is 3.37. The van der Waals surface area contributed by atoms with Crippen LogP contribution in [0.25, 0.3) is 5.82 Å². The third kappa shape index (κ3) is 3.03. The zero-order valence-corrected chi connectivity index (χ0v) is 14.5. The van der Waals surface area contributed by atoms with Gasteiger partial charge in [-0.3, -0.25) is 4.90 Å². The molecule has 0 fully saturated rings. The highest BCUT2D eigenvalue weighted by Crippen LogP contribution is 2.34. The summed E-state index contributed by atoms with van der Waals surface area (Å²) < 4.78 is 1.54. The third-order valence-corrected chi connectivity index (χ3v) is 4.69. The number of urea groups is 1. The Balaban J connectivity index is 1.65. The number of benzene rings is 1. The molecule has 1 aliphatic heterocycles. The largest absolute Gasteiger partial charge is 0.326 e. The van der Waals surface area contributed by atoms with Crippen LogP contribution in [-0.4, -0.2) is 32.3 Å². The molecule has 0 radical (unpaired) electrons. The minimum absolute atomic E-state index is 0.166. The van der Waals surface area contributed by atoms with Crippen LogP contribution in [0.1, 0.15) is 31.2 Å². The van der Waals surface area contributed by atoms with Crippen LogP contribution in [-0.2, 0) is 0 Å². The predicted molar refractivity (Wildman–Crippen MR) is 99.6 cm³/mol. The highest BCUT2D eigenvalue weighted by atomic mass is 16.2. The highest BCUT2D eigenvalue weighted by molar-refractivity contribution is 6.03. The van der Waals surface area contributed by atoms with E-state index >= 15 is 0 Å². The molecular weight excluding hydrogens is 328 g/mol. The number of nitrogens with one attached hydrogen (secondary N) is 1. The van der Waals surface area contributed by atoms with Gasteiger partial charge in [0.1, 0.15) is 12.7 Å². The van der Waals surface area contributed by atoms with Gasteiger partial charge >= 0.3 is 6.03 Å². The van der Waals surface area contributed by atoms with Crippen molar-refractivity contribution in [2.24, 2.45) is 0 Å². The van der Waals surface area contributed by atoms with Crippen LogP contribution in [0.15, 0.2) is 55.2 Å². The maximum absolute atomic E-state index is 13.1. The lowest BCUT2D eigenvalue weighted by Crippen LogP contribution is -2.36. The quantitative estimate of drug-likeness (QED) is 0.768. The van der Waals surface area contributed by atoms with E-state index < -0.39 is 0 Å². The van der Waals surface area contributed by atoms with Crippen LogP contribution in [0.4, 0.5) is 16.2 Å². The Morgan fingerprint density at radius 2 is 2.12 bits per heavy atom. The Morgan fingerprint density at radius 3 is 2.96 bits per heavy atom. The molecule has 3 heterocycles. The average molecular weight is 348 g/mol. The van der Waals surface area contributed by atoms with Gasteiger partial charge < -0.3 is 5.32 Å². The number of carbonyl (C=O) groups excluding carboxylic acids is 1. The molecule has 0 aliphatic carbocycles. The van der Waals surface area contributed by atoms with Gasteiger partial charge in [-0.2, -0.15) is 5.10 Å². The fourth-order valence-electron chi connectivity index (χ4n) is 3.37. The fraction of sp³-hybridized carbons (Fsp3) is 0.263. The minimum Gasteiger partial charge on any atom is -0.304 e. The van der Waals surface area contributed by atoms with E-state index in [1.165, 1.54) is 16.6 Å². The smallest absolute Gasteiger partial charge is 0.304 e. The van der Waals surface area contributed by atoms with Crippen molar-refractivity contribution in [2.45, 2.75) is 25.7 Å². The zero-order valence-electron chi connectivity index (χ0n) is 14.5. The molecule has 7 heteroatoms. The van der Waals surface area contributed by atoms with Gasteiger partial charge in [0.25, 0.3) is 0 Å². The number of para-hydroxylation sites is 1. The van der Waals surface area contributed by atoms with E-state index in [1.807, 2.05) is 29.2 Å². The van der Waals surface area contributed by atoms with Crippen molar-refractivity contribution in [3.63, 3.8) is 0 Å². The van der Waals surface area contributed by atoms with Crippen LogP contribution < -0.4 is 10.2 Å². The van der Waals surface area contributed by atoms with Crippen LogP contribution in [0.3, 0.4) is 0 Å². The van der Waals surface area contributed by atoms with Gasteiger partial charge in [-0.1, -0.05) is 25.1 Å². The van der Waals surface area contributed by atoms with E-state index in [0.717, 1.165) is 18.5 Å². The first-order chi connectivity index (χ1) is 12.7. The van der Waals surface area contributed by atoms with Gasteiger partial charge in [-0.15, -0.1) is 0 Å². The molecule has 1 aromatic carbocycles. The standard InChI is InChI=1S/C19H20N6O/c1-14-6-5-11-24(17-9-3-2-7-15(14)17)19(26)23-16-8-4-10-21-18(16)25-13-20-12-22-25/h2-4,7-10,12-14H,5-6,11H2,1H3,(H,23,26). The van der Waals surface area contributed by atoms with Gasteiger partial charge in [0.05, 0.1) is 5.69 Å². The van der Waals surface area contributed by atoms with Crippen LogP contribution in [0.2, 0.25) is 0 Å². The Kier molecular flexibility index (Phi) is 4.35. The Bertz CT molecular complexity index is 908. The Morgan fingerprint density at radius 1 is 1.23 bits per heavy atom. The van der Waals surface area contributed by atoms with Gasteiger partial charge in [-0.05, 0) is 42.5 Å². The molecule has 1 aliphatic rings.